The van der Waals surface area contributed by atoms with Gasteiger partial charge < -0.3 is 10.6 Å². The third kappa shape index (κ3) is 6.82. The van der Waals surface area contributed by atoms with Crippen molar-refractivity contribution in [3.05, 3.63) is 95.1 Å². The minimum Gasteiger partial charge on any atom is -0.326 e. The summed E-state index contributed by atoms with van der Waals surface area (Å²) in [6.45, 7) is 0. The maximum atomic E-state index is 12.3. The molecule has 4 nitrogen and oxygen atoms in total. The zero-order chi connectivity index (χ0) is 21.3. The number of halogens is 2. The molecule has 0 saturated heterocycles. The van der Waals surface area contributed by atoms with E-state index in [-0.39, 0.29) is 11.8 Å². The van der Waals surface area contributed by atoms with Crippen LogP contribution in [-0.2, 0) is 33.1 Å². The molecule has 0 saturated carbocycles. The second-order valence-electron chi connectivity index (χ2n) is 6.93. The summed E-state index contributed by atoms with van der Waals surface area (Å²) in [6, 6.07) is 23.0. The molecule has 0 radical (unpaired) electrons. The first-order valence-corrected chi connectivity index (χ1v) is 11.8. The Hall–Kier alpha value is -2.44. The molecule has 0 aliphatic rings. The molecule has 154 valence electrons. The fraction of sp³-hybridized carbons (Fsp3) is 0.167. The van der Waals surface area contributed by atoms with Crippen LogP contribution in [0.15, 0.2) is 72.8 Å². The van der Waals surface area contributed by atoms with Crippen LogP contribution in [0.25, 0.3) is 0 Å². The molecule has 0 fully saturated rings. The summed E-state index contributed by atoms with van der Waals surface area (Å²) >= 11 is 6.82. The highest BCUT2D eigenvalue weighted by Crippen LogP contribution is 2.16. The number of carbonyl (C=O) groups excluding carboxylic acids is 2. The molecule has 0 atom stereocenters. The maximum absolute atomic E-state index is 12.3. The highest BCUT2D eigenvalue weighted by Gasteiger charge is 2.07. The summed E-state index contributed by atoms with van der Waals surface area (Å²) in [4.78, 5) is 24.5. The topological polar surface area (TPSA) is 58.2 Å². The van der Waals surface area contributed by atoms with Crippen LogP contribution in [0.1, 0.15) is 22.3 Å². The first-order chi connectivity index (χ1) is 14.6. The number of amides is 2. The van der Waals surface area contributed by atoms with Crippen LogP contribution in [0.2, 0.25) is 0 Å². The molecular weight excluding hydrogens is 508 g/mol. The molecule has 2 amide bonds. The van der Waals surface area contributed by atoms with Gasteiger partial charge in [0, 0.05) is 22.0 Å². The van der Waals surface area contributed by atoms with Crippen LogP contribution in [0, 0.1) is 0 Å². The Morgan fingerprint density at radius 1 is 0.533 bits per heavy atom. The average molecular weight is 530 g/mol. The normalized spacial score (nSPS) is 10.5. The van der Waals surface area contributed by atoms with Gasteiger partial charge in [0.15, 0.2) is 0 Å². The number of benzene rings is 3. The molecule has 0 unspecified atom stereocenters. The van der Waals surface area contributed by atoms with E-state index >= 15 is 0 Å². The third-order valence-corrected chi connectivity index (χ3v) is 5.83. The highest BCUT2D eigenvalue weighted by molar-refractivity contribution is 9.08. The number of rotatable bonds is 8. The molecule has 0 aromatic heterocycles. The molecule has 6 heteroatoms. The first kappa shape index (κ1) is 22.2. The molecule has 3 aromatic rings. The van der Waals surface area contributed by atoms with Gasteiger partial charge in [-0.15, -0.1) is 0 Å². The Morgan fingerprint density at radius 2 is 0.833 bits per heavy atom. The number of hydrogen-bond donors (Lipinski definition) is 2. The Kier molecular flexibility index (Phi) is 8.22. The fourth-order valence-corrected chi connectivity index (χ4v) is 3.66. The number of alkyl halides is 2. The summed E-state index contributed by atoms with van der Waals surface area (Å²) in [5.74, 6) is -0.157. The number of anilines is 2. The molecule has 30 heavy (non-hydrogen) atoms. The highest BCUT2D eigenvalue weighted by atomic mass is 79.9. The van der Waals surface area contributed by atoms with Crippen molar-refractivity contribution in [3.63, 3.8) is 0 Å². The van der Waals surface area contributed by atoms with E-state index in [1.54, 1.807) is 24.3 Å². The smallest absolute Gasteiger partial charge is 0.228 e. The minimum absolute atomic E-state index is 0.0784. The lowest BCUT2D eigenvalue weighted by molar-refractivity contribution is -0.116. The second-order valence-corrected chi connectivity index (χ2v) is 8.05. The second kappa shape index (κ2) is 11.1. The fourth-order valence-electron chi connectivity index (χ4n) is 2.91. The molecule has 0 bridgehead atoms. The van der Waals surface area contributed by atoms with Crippen molar-refractivity contribution in [2.75, 3.05) is 10.6 Å². The molecule has 0 aliphatic carbocycles. The molecule has 3 aromatic carbocycles. The van der Waals surface area contributed by atoms with E-state index in [4.69, 9.17) is 0 Å². The summed E-state index contributed by atoms with van der Waals surface area (Å²) in [7, 11) is 0. The van der Waals surface area contributed by atoms with Crippen molar-refractivity contribution in [2.24, 2.45) is 0 Å². The van der Waals surface area contributed by atoms with Crippen LogP contribution in [0.5, 0.6) is 0 Å². The predicted molar refractivity (Wildman–Crippen MR) is 129 cm³/mol. The van der Waals surface area contributed by atoms with Crippen LogP contribution >= 0.6 is 31.9 Å². The lowest BCUT2D eigenvalue weighted by Crippen LogP contribution is -2.15. The lowest BCUT2D eigenvalue weighted by Gasteiger charge is -2.09. The van der Waals surface area contributed by atoms with Gasteiger partial charge in [-0.2, -0.15) is 0 Å². The van der Waals surface area contributed by atoms with E-state index in [2.05, 4.69) is 42.5 Å². The lowest BCUT2D eigenvalue weighted by atomic mass is 10.1. The summed E-state index contributed by atoms with van der Waals surface area (Å²) < 4.78 is 0. The molecular formula is C24H22Br2N2O2. The minimum atomic E-state index is -0.0784. The predicted octanol–water partition coefficient (Wildman–Crippen LogP) is 5.84. The van der Waals surface area contributed by atoms with Crippen molar-refractivity contribution >= 4 is 55.0 Å². The van der Waals surface area contributed by atoms with E-state index in [1.165, 1.54) is 11.1 Å². The largest absolute Gasteiger partial charge is 0.326 e. The number of carbonyl (C=O) groups is 2. The molecule has 0 spiro atoms. The Bertz CT molecular complexity index is 903. The van der Waals surface area contributed by atoms with Gasteiger partial charge in [0.2, 0.25) is 11.8 Å². The van der Waals surface area contributed by atoms with Gasteiger partial charge in [0.05, 0.1) is 12.8 Å². The van der Waals surface area contributed by atoms with E-state index < -0.39 is 0 Å². The summed E-state index contributed by atoms with van der Waals surface area (Å²) in [5.41, 5.74) is 5.66. The van der Waals surface area contributed by atoms with E-state index in [1.807, 2.05) is 48.5 Å². The number of nitrogens with one attached hydrogen (secondary N) is 2. The summed E-state index contributed by atoms with van der Waals surface area (Å²) in [5, 5.41) is 7.37. The SMILES string of the molecule is O=C(Cc1ccc(CBr)cc1)Nc1ccc(NC(=O)Cc2ccc(CBr)cc2)cc1. The molecule has 0 heterocycles. The van der Waals surface area contributed by atoms with Gasteiger partial charge in [-0.05, 0) is 46.5 Å². The van der Waals surface area contributed by atoms with E-state index in [9.17, 15) is 9.59 Å². The molecule has 0 aliphatic heterocycles. The van der Waals surface area contributed by atoms with Crippen molar-refractivity contribution < 1.29 is 9.59 Å². The maximum Gasteiger partial charge on any atom is 0.228 e. The van der Waals surface area contributed by atoms with Crippen molar-refractivity contribution in [3.8, 4) is 0 Å². The molecule has 2 N–H and O–H groups in total. The van der Waals surface area contributed by atoms with Gasteiger partial charge in [0.25, 0.3) is 0 Å². The standard InChI is InChI=1S/C24H22Br2N2O2/c25-15-19-5-1-17(2-6-19)13-23(29)27-21-9-11-22(12-10-21)28-24(30)14-18-3-7-20(16-26)8-4-18/h1-12H,13-16H2,(H,27,29)(H,28,30). The van der Waals surface area contributed by atoms with Crippen LogP contribution < -0.4 is 10.6 Å². The zero-order valence-electron chi connectivity index (χ0n) is 16.3. The van der Waals surface area contributed by atoms with Gasteiger partial charge in [-0.25, -0.2) is 0 Å². The monoisotopic (exact) mass is 528 g/mol. The van der Waals surface area contributed by atoms with Crippen molar-refractivity contribution in [2.45, 2.75) is 23.5 Å². The average Bonchev–Trinajstić information content (AvgIpc) is 2.76. The van der Waals surface area contributed by atoms with Gasteiger partial charge in [-0.3, -0.25) is 9.59 Å². The van der Waals surface area contributed by atoms with Crippen LogP contribution in [-0.4, -0.2) is 11.8 Å². The van der Waals surface area contributed by atoms with Gasteiger partial charge >= 0.3 is 0 Å². The van der Waals surface area contributed by atoms with Gasteiger partial charge in [0.1, 0.15) is 0 Å². The van der Waals surface area contributed by atoms with E-state index in [0.717, 1.165) is 21.8 Å². The Labute approximate surface area is 193 Å². The van der Waals surface area contributed by atoms with Crippen molar-refractivity contribution in [1.82, 2.24) is 0 Å². The third-order valence-electron chi connectivity index (χ3n) is 4.54. The zero-order valence-corrected chi connectivity index (χ0v) is 19.5. The quantitative estimate of drug-likeness (QED) is 0.360. The van der Waals surface area contributed by atoms with Gasteiger partial charge in [-0.1, -0.05) is 80.4 Å². The van der Waals surface area contributed by atoms with Crippen LogP contribution in [0.3, 0.4) is 0 Å². The van der Waals surface area contributed by atoms with E-state index in [0.29, 0.717) is 24.2 Å². The van der Waals surface area contributed by atoms with Crippen LogP contribution in [0.4, 0.5) is 11.4 Å². The summed E-state index contributed by atoms with van der Waals surface area (Å²) in [6.07, 6.45) is 0.629. The Balaban J connectivity index is 1.49. The Morgan fingerprint density at radius 3 is 1.13 bits per heavy atom. The first-order valence-electron chi connectivity index (χ1n) is 9.53. The van der Waals surface area contributed by atoms with Crippen molar-refractivity contribution in [1.29, 1.82) is 0 Å². The number of hydrogen-bond acceptors (Lipinski definition) is 2. The molecule has 3 rings (SSSR count).